The number of nitro groups is 1. The highest BCUT2D eigenvalue weighted by Crippen LogP contribution is 2.19. The Bertz CT molecular complexity index is 872. The van der Waals surface area contributed by atoms with Crippen molar-refractivity contribution < 1.29 is 28.8 Å². The van der Waals surface area contributed by atoms with E-state index >= 15 is 0 Å². The predicted molar refractivity (Wildman–Crippen MR) is 91.3 cm³/mol. The van der Waals surface area contributed by atoms with Crippen LogP contribution in [0.1, 0.15) is 33.7 Å². The fourth-order valence-electron chi connectivity index (χ4n) is 2.17. The molecule has 2 aromatic rings. The van der Waals surface area contributed by atoms with E-state index in [4.69, 9.17) is 0 Å². The van der Waals surface area contributed by atoms with Crippen molar-refractivity contribution >= 4 is 29.2 Å². The molecule has 2 rings (SSSR count). The van der Waals surface area contributed by atoms with Crippen molar-refractivity contribution in [3.05, 3.63) is 51.8 Å². The van der Waals surface area contributed by atoms with E-state index in [1.165, 1.54) is 39.3 Å². The number of hydrogen-bond acceptors (Lipinski definition) is 8. The van der Waals surface area contributed by atoms with Crippen LogP contribution in [0.5, 0.6) is 0 Å². The Labute approximate surface area is 153 Å². The minimum absolute atomic E-state index is 0.0399. The van der Waals surface area contributed by atoms with Crippen molar-refractivity contribution in [2.75, 3.05) is 19.5 Å². The van der Waals surface area contributed by atoms with Crippen molar-refractivity contribution in [1.29, 1.82) is 0 Å². The molecular formula is C16H16N4O7. The number of amides is 1. The van der Waals surface area contributed by atoms with Gasteiger partial charge in [0.25, 0.3) is 0 Å². The lowest BCUT2D eigenvalue weighted by Crippen LogP contribution is -2.24. The molecule has 0 spiro atoms. The average molecular weight is 376 g/mol. The lowest BCUT2D eigenvalue weighted by atomic mass is 10.1. The molecule has 1 N–H and O–H groups in total. The molecule has 1 atom stereocenters. The van der Waals surface area contributed by atoms with E-state index in [1.807, 2.05) is 0 Å². The summed E-state index contributed by atoms with van der Waals surface area (Å²) >= 11 is 0. The summed E-state index contributed by atoms with van der Waals surface area (Å²) in [4.78, 5) is 46.1. The highest BCUT2D eigenvalue weighted by Gasteiger charge is 2.21. The van der Waals surface area contributed by atoms with Crippen LogP contribution in [0.15, 0.2) is 30.6 Å². The molecule has 0 radical (unpaired) electrons. The summed E-state index contributed by atoms with van der Waals surface area (Å²) in [7, 11) is 2.36. The molecule has 142 valence electrons. The summed E-state index contributed by atoms with van der Waals surface area (Å²) in [6, 6.07) is 3.04. The number of ether oxygens (including phenoxy) is 2. The maximum atomic E-state index is 12.4. The minimum atomic E-state index is -0.887. The number of carbonyl (C=O) groups excluding carboxylic acids is 3. The van der Waals surface area contributed by atoms with E-state index in [9.17, 15) is 24.5 Å². The zero-order chi connectivity index (χ0) is 20.1. The molecule has 27 heavy (non-hydrogen) atoms. The van der Waals surface area contributed by atoms with Crippen molar-refractivity contribution in [2.24, 2.45) is 0 Å². The van der Waals surface area contributed by atoms with E-state index < -0.39 is 28.8 Å². The molecule has 1 aromatic carbocycles. The molecule has 11 heteroatoms. The quantitative estimate of drug-likeness (QED) is 0.454. The first kappa shape index (κ1) is 19.6. The number of anilines is 1. The monoisotopic (exact) mass is 376 g/mol. The third-order valence-corrected chi connectivity index (χ3v) is 3.62. The Kier molecular flexibility index (Phi) is 5.85. The molecule has 0 fully saturated rings. The first-order valence-corrected chi connectivity index (χ1v) is 7.58. The van der Waals surface area contributed by atoms with Gasteiger partial charge in [-0.2, -0.15) is 5.10 Å². The standard InChI is InChI=1S/C16H16N4O7/c1-9(19-8-13(7-17-19)20(24)25)14(21)18-12-5-10(15(22)26-2)4-11(6-12)16(23)27-3/h4-9H,1-3H3,(H,18,21). The molecule has 0 aliphatic heterocycles. The molecule has 0 bridgehead atoms. The molecule has 0 aliphatic rings. The van der Waals surface area contributed by atoms with Gasteiger partial charge in [-0.15, -0.1) is 0 Å². The van der Waals surface area contributed by atoms with E-state index in [0.717, 1.165) is 17.1 Å². The van der Waals surface area contributed by atoms with Gasteiger partial charge in [0.1, 0.15) is 18.4 Å². The van der Waals surface area contributed by atoms with E-state index in [-0.39, 0.29) is 22.5 Å². The third-order valence-electron chi connectivity index (χ3n) is 3.62. The zero-order valence-electron chi connectivity index (χ0n) is 14.7. The van der Waals surface area contributed by atoms with E-state index in [0.29, 0.717) is 0 Å². The Morgan fingerprint density at radius 2 is 1.70 bits per heavy atom. The van der Waals surface area contributed by atoms with Crippen LogP contribution in [0.4, 0.5) is 11.4 Å². The number of carbonyl (C=O) groups is 3. The Balaban J connectivity index is 2.28. The second-order valence-electron chi connectivity index (χ2n) is 5.38. The van der Waals surface area contributed by atoms with E-state index in [1.54, 1.807) is 0 Å². The summed E-state index contributed by atoms with van der Waals surface area (Å²) in [5.41, 5.74) is -0.0247. The number of benzene rings is 1. The molecule has 1 unspecified atom stereocenters. The minimum Gasteiger partial charge on any atom is -0.465 e. The largest absolute Gasteiger partial charge is 0.465 e. The van der Waals surface area contributed by atoms with Crippen LogP contribution in [0, 0.1) is 10.1 Å². The molecule has 1 heterocycles. The van der Waals surface area contributed by atoms with Crippen LogP contribution < -0.4 is 5.32 Å². The Morgan fingerprint density at radius 3 is 2.15 bits per heavy atom. The van der Waals surface area contributed by atoms with Gasteiger partial charge in [0.15, 0.2) is 0 Å². The number of nitrogens with zero attached hydrogens (tertiary/aromatic N) is 3. The van der Waals surface area contributed by atoms with Gasteiger partial charge in [-0.05, 0) is 25.1 Å². The number of hydrogen-bond donors (Lipinski definition) is 1. The van der Waals surface area contributed by atoms with Gasteiger partial charge < -0.3 is 14.8 Å². The van der Waals surface area contributed by atoms with Crippen LogP contribution in [-0.2, 0) is 14.3 Å². The van der Waals surface area contributed by atoms with Crippen LogP contribution in [-0.4, -0.2) is 46.8 Å². The van der Waals surface area contributed by atoms with Gasteiger partial charge in [0.05, 0.1) is 30.3 Å². The van der Waals surface area contributed by atoms with Gasteiger partial charge in [-0.25, -0.2) is 9.59 Å². The SMILES string of the molecule is COC(=O)c1cc(NC(=O)C(C)n2cc([N+](=O)[O-])cn2)cc(C(=O)OC)c1. The molecular weight excluding hydrogens is 360 g/mol. The van der Waals surface area contributed by atoms with Gasteiger partial charge in [-0.1, -0.05) is 0 Å². The van der Waals surface area contributed by atoms with Crippen molar-refractivity contribution in [2.45, 2.75) is 13.0 Å². The van der Waals surface area contributed by atoms with Gasteiger partial charge in [0, 0.05) is 5.69 Å². The number of aromatic nitrogens is 2. The van der Waals surface area contributed by atoms with E-state index in [2.05, 4.69) is 19.9 Å². The second kappa shape index (κ2) is 8.08. The fraction of sp³-hybridized carbons (Fsp3) is 0.250. The molecule has 11 nitrogen and oxygen atoms in total. The highest BCUT2D eigenvalue weighted by molar-refractivity contribution is 6.00. The van der Waals surface area contributed by atoms with Crippen LogP contribution >= 0.6 is 0 Å². The first-order valence-electron chi connectivity index (χ1n) is 7.58. The molecule has 0 saturated heterocycles. The van der Waals surface area contributed by atoms with Gasteiger partial charge in [0.2, 0.25) is 5.91 Å². The normalized spacial score (nSPS) is 11.4. The second-order valence-corrected chi connectivity index (χ2v) is 5.38. The summed E-state index contributed by atoms with van der Waals surface area (Å²) in [5, 5.41) is 17.0. The Hall–Kier alpha value is -3.76. The topological polar surface area (TPSA) is 143 Å². The molecule has 0 saturated carbocycles. The first-order chi connectivity index (χ1) is 12.8. The maximum Gasteiger partial charge on any atom is 0.337 e. The number of esters is 2. The average Bonchev–Trinajstić information content (AvgIpc) is 3.16. The molecule has 1 amide bonds. The number of rotatable bonds is 6. The fourth-order valence-corrected chi connectivity index (χ4v) is 2.17. The van der Waals surface area contributed by atoms with Gasteiger partial charge in [-0.3, -0.25) is 19.6 Å². The highest BCUT2D eigenvalue weighted by atomic mass is 16.6. The summed E-state index contributed by atoms with van der Waals surface area (Å²) in [6.07, 6.45) is 2.14. The zero-order valence-corrected chi connectivity index (χ0v) is 14.7. The lowest BCUT2D eigenvalue weighted by molar-refractivity contribution is -0.385. The van der Waals surface area contributed by atoms with Gasteiger partial charge >= 0.3 is 17.6 Å². The van der Waals surface area contributed by atoms with Crippen LogP contribution in [0.3, 0.4) is 0 Å². The maximum absolute atomic E-state index is 12.4. The molecule has 0 aliphatic carbocycles. The van der Waals surface area contributed by atoms with Crippen molar-refractivity contribution in [3.8, 4) is 0 Å². The number of methoxy groups -OCH3 is 2. The van der Waals surface area contributed by atoms with Crippen molar-refractivity contribution in [3.63, 3.8) is 0 Å². The van der Waals surface area contributed by atoms with Crippen LogP contribution in [0.25, 0.3) is 0 Å². The molecule has 1 aromatic heterocycles. The third kappa shape index (κ3) is 4.45. The van der Waals surface area contributed by atoms with Crippen LogP contribution in [0.2, 0.25) is 0 Å². The lowest BCUT2D eigenvalue weighted by Gasteiger charge is -2.14. The summed E-state index contributed by atoms with van der Waals surface area (Å²) < 4.78 is 10.4. The predicted octanol–water partition coefficient (Wildman–Crippen LogP) is 1.56. The number of nitrogens with one attached hydrogen (secondary N) is 1. The smallest absolute Gasteiger partial charge is 0.337 e. The Morgan fingerprint density at radius 1 is 1.15 bits per heavy atom. The van der Waals surface area contributed by atoms with Crippen molar-refractivity contribution in [1.82, 2.24) is 9.78 Å². The summed E-state index contributed by atoms with van der Waals surface area (Å²) in [6.45, 7) is 1.48. The summed E-state index contributed by atoms with van der Waals surface area (Å²) in [5.74, 6) is -1.97.